The molecule has 0 bridgehead atoms. The number of benzene rings is 1. The van der Waals surface area contributed by atoms with Crippen molar-refractivity contribution in [1.29, 1.82) is 0 Å². The third-order valence-electron chi connectivity index (χ3n) is 4.58. The second-order valence-corrected chi connectivity index (χ2v) is 9.49. The summed E-state index contributed by atoms with van der Waals surface area (Å²) in [5.74, 6) is -0.124. The van der Waals surface area contributed by atoms with Crippen molar-refractivity contribution in [3.63, 3.8) is 0 Å². The van der Waals surface area contributed by atoms with Crippen molar-refractivity contribution in [2.75, 3.05) is 13.6 Å². The Balaban J connectivity index is 1.86. The van der Waals surface area contributed by atoms with Crippen molar-refractivity contribution in [1.82, 2.24) is 9.21 Å². The molecule has 134 valence electrons. The van der Waals surface area contributed by atoms with E-state index in [0.29, 0.717) is 18.7 Å². The Hall–Kier alpha value is -1.70. The molecule has 0 saturated heterocycles. The van der Waals surface area contributed by atoms with E-state index in [1.165, 1.54) is 26.9 Å². The van der Waals surface area contributed by atoms with Gasteiger partial charge in [-0.2, -0.15) is 4.31 Å². The first-order chi connectivity index (χ1) is 11.8. The Morgan fingerprint density at radius 3 is 2.76 bits per heavy atom. The minimum Gasteiger partial charge on any atom is -0.334 e. The summed E-state index contributed by atoms with van der Waals surface area (Å²) < 4.78 is 26.6. The molecule has 0 N–H and O–H groups in total. The maximum atomic E-state index is 12.8. The van der Waals surface area contributed by atoms with Crippen molar-refractivity contribution in [2.24, 2.45) is 0 Å². The average molecular weight is 379 g/mol. The molecule has 5 nitrogen and oxygen atoms in total. The zero-order valence-corrected chi connectivity index (χ0v) is 16.2. The molecule has 0 saturated carbocycles. The van der Waals surface area contributed by atoms with Gasteiger partial charge in [-0.1, -0.05) is 6.07 Å². The maximum absolute atomic E-state index is 12.8. The molecule has 0 unspecified atom stereocenters. The quantitative estimate of drug-likeness (QED) is 0.822. The lowest BCUT2D eigenvalue weighted by molar-refractivity contribution is 0.0735. The van der Waals surface area contributed by atoms with Crippen molar-refractivity contribution in [2.45, 2.75) is 37.8 Å². The maximum Gasteiger partial charge on any atom is 0.254 e. The van der Waals surface area contributed by atoms with Crippen molar-refractivity contribution in [3.8, 4) is 0 Å². The van der Waals surface area contributed by atoms with Crippen LogP contribution in [0.3, 0.4) is 0 Å². The van der Waals surface area contributed by atoms with Crippen LogP contribution in [0.1, 0.15) is 34.6 Å². The molecule has 0 spiro atoms. The van der Waals surface area contributed by atoms with E-state index in [9.17, 15) is 13.2 Å². The van der Waals surface area contributed by atoms with E-state index >= 15 is 0 Å². The van der Waals surface area contributed by atoms with Crippen molar-refractivity contribution < 1.29 is 13.2 Å². The number of hydrogen-bond acceptors (Lipinski definition) is 4. The van der Waals surface area contributed by atoms with Crippen molar-refractivity contribution in [3.05, 3.63) is 51.7 Å². The van der Waals surface area contributed by atoms with Gasteiger partial charge in [0, 0.05) is 36.6 Å². The minimum atomic E-state index is -3.60. The predicted octanol–water partition coefficient (Wildman–Crippen LogP) is 2.98. The van der Waals surface area contributed by atoms with Crippen LogP contribution >= 0.6 is 11.3 Å². The molecule has 2 aromatic rings. The van der Waals surface area contributed by atoms with Crippen LogP contribution in [0.25, 0.3) is 0 Å². The van der Waals surface area contributed by atoms with E-state index in [2.05, 4.69) is 6.07 Å². The average Bonchev–Trinajstić information content (AvgIpc) is 3.08. The highest BCUT2D eigenvalue weighted by molar-refractivity contribution is 7.89. The van der Waals surface area contributed by atoms with E-state index in [1.807, 2.05) is 19.2 Å². The number of hydrogen-bond donors (Lipinski definition) is 0. The Bertz CT molecular complexity index is 887. The summed E-state index contributed by atoms with van der Waals surface area (Å²) in [6.45, 7) is 4.88. The summed E-state index contributed by atoms with van der Waals surface area (Å²) in [5.41, 5.74) is 1.60. The first-order valence-electron chi connectivity index (χ1n) is 8.23. The zero-order valence-electron chi connectivity index (χ0n) is 14.6. The molecule has 1 aliphatic rings. The largest absolute Gasteiger partial charge is 0.334 e. The fourth-order valence-electron chi connectivity index (χ4n) is 2.84. The topological polar surface area (TPSA) is 57.7 Å². The number of rotatable bonds is 4. The van der Waals surface area contributed by atoms with Gasteiger partial charge in [-0.3, -0.25) is 4.79 Å². The summed E-state index contributed by atoms with van der Waals surface area (Å²) in [7, 11) is -2.05. The smallest absolute Gasteiger partial charge is 0.254 e. The van der Waals surface area contributed by atoms with Crippen molar-refractivity contribution >= 4 is 27.3 Å². The van der Waals surface area contributed by atoms with E-state index in [0.717, 1.165) is 6.42 Å². The van der Waals surface area contributed by atoms with Gasteiger partial charge in [0.25, 0.3) is 5.91 Å². The Kier molecular flexibility index (Phi) is 4.99. The second-order valence-electron chi connectivity index (χ2n) is 6.49. The monoisotopic (exact) mass is 378 g/mol. The normalized spacial score (nSPS) is 14.8. The van der Waals surface area contributed by atoms with Crippen LogP contribution in [-0.2, 0) is 23.0 Å². The van der Waals surface area contributed by atoms with Gasteiger partial charge in [0.1, 0.15) is 0 Å². The van der Waals surface area contributed by atoms with Crippen LogP contribution in [0.5, 0.6) is 0 Å². The second kappa shape index (κ2) is 6.90. The van der Waals surface area contributed by atoms with Gasteiger partial charge in [0.05, 0.1) is 4.90 Å². The highest BCUT2D eigenvalue weighted by atomic mass is 32.2. The molecular weight excluding hydrogens is 356 g/mol. The molecular formula is C18H22N2O3S2. The molecule has 25 heavy (non-hydrogen) atoms. The standard InChI is InChI=1S/C18H22N2O3S2/c1-13(2)19(3)25(22,23)16-6-4-5-14(11-16)18(21)20-9-7-17-15(12-20)8-10-24-17/h4-6,8,10-11,13H,7,9,12H2,1-3H3. The summed E-state index contributed by atoms with van der Waals surface area (Å²) in [4.78, 5) is 16.1. The number of amides is 1. The lowest BCUT2D eigenvalue weighted by atomic mass is 10.1. The molecule has 0 radical (unpaired) electrons. The Morgan fingerprint density at radius 1 is 1.28 bits per heavy atom. The third kappa shape index (κ3) is 3.49. The molecule has 2 heterocycles. The van der Waals surface area contributed by atoms with E-state index in [4.69, 9.17) is 0 Å². The van der Waals surface area contributed by atoms with Gasteiger partial charge < -0.3 is 4.90 Å². The minimum absolute atomic E-state index is 0.124. The lowest BCUT2D eigenvalue weighted by Gasteiger charge is -2.27. The Morgan fingerprint density at radius 2 is 2.04 bits per heavy atom. The predicted molar refractivity (Wildman–Crippen MR) is 99.3 cm³/mol. The van der Waals surface area contributed by atoms with Crippen LogP contribution < -0.4 is 0 Å². The van der Waals surface area contributed by atoms with Gasteiger partial charge in [-0.15, -0.1) is 11.3 Å². The molecule has 0 atom stereocenters. The SMILES string of the molecule is CC(C)N(C)S(=O)(=O)c1cccc(C(=O)N2CCc3sccc3C2)c1. The summed E-state index contributed by atoms with van der Waals surface area (Å²) in [6, 6.07) is 8.24. The Labute approximate surface area is 152 Å². The van der Waals surface area contributed by atoms with Crippen LogP contribution in [0, 0.1) is 0 Å². The van der Waals surface area contributed by atoms with E-state index in [1.54, 1.807) is 35.4 Å². The molecule has 1 aromatic heterocycles. The van der Waals surface area contributed by atoms with E-state index < -0.39 is 10.0 Å². The number of nitrogens with zero attached hydrogens (tertiary/aromatic N) is 2. The fourth-order valence-corrected chi connectivity index (χ4v) is 5.14. The van der Waals surface area contributed by atoms with Gasteiger partial charge in [0.2, 0.25) is 10.0 Å². The summed E-state index contributed by atoms with van der Waals surface area (Å²) in [5, 5.41) is 2.05. The number of carbonyl (C=O) groups excluding carboxylic acids is 1. The van der Waals surface area contributed by atoms with Gasteiger partial charge in [-0.05, 0) is 55.5 Å². The molecule has 0 fully saturated rings. The number of carbonyl (C=O) groups is 1. The molecule has 0 aliphatic carbocycles. The molecule has 3 rings (SSSR count). The van der Waals surface area contributed by atoms with Crippen LogP contribution in [0.4, 0.5) is 0 Å². The van der Waals surface area contributed by atoms with Gasteiger partial charge >= 0.3 is 0 Å². The van der Waals surface area contributed by atoms with Gasteiger partial charge in [0.15, 0.2) is 0 Å². The summed E-state index contributed by atoms with van der Waals surface area (Å²) in [6.07, 6.45) is 0.854. The van der Waals surface area contributed by atoms with Gasteiger partial charge in [-0.25, -0.2) is 8.42 Å². The third-order valence-corrected chi connectivity index (χ3v) is 7.63. The first-order valence-corrected chi connectivity index (χ1v) is 10.6. The number of fused-ring (bicyclic) bond motifs is 1. The lowest BCUT2D eigenvalue weighted by Crippen LogP contribution is -2.36. The van der Waals surface area contributed by atoms with E-state index in [-0.39, 0.29) is 16.8 Å². The molecule has 1 amide bonds. The highest BCUT2D eigenvalue weighted by Crippen LogP contribution is 2.26. The van der Waals surface area contributed by atoms with Crippen LogP contribution in [0.15, 0.2) is 40.6 Å². The fraction of sp³-hybridized carbons (Fsp3) is 0.389. The van der Waals surface area contributed by atoms with Crippen LogP contribution in [-0.4, -0.2) is 43.2 Å². The summed E-state index contributed by atoms with van der Waals surface area (Å²) >= 11 is 1.72. The number of thiophene rings is 1. The molecule has 1 aromatic carbocycles. The number of sulfonamides is 1. The van der Waals surface area contributed by atoms with Crippen LogP contribution in [0.2, 0.25) is 0 Å². The first kappa shape index (κ1) is 18.1. The zero-order chi connectivity index (χ0) is 18.2. The highest BCUT2D eigenvalue weighted by Gasteiger charge is 2.26. The molecule has 1 aliphatic heterocycles. The molecule has 7 heteroatoms.